The molecular weight excluding hydrogens is 410 g/mol. The van der Waals surface area contributed by atoms with Crippen LogP contribution in [0.2, 0.25) is 0 Å². The van der Waals surface area contributed by atoms with Crippen LogP contribution in [-0.4, -0.2) is 11.8 Å². The van der Waals surface area contributed by atoms with Gasteiger partial charge in [0.2, 0.25) is 5.91 Å². The van der Waals surface area contributed by atoms with E-state index in [2.05, 4.69) is 37.6 Å². The molecule has 0 aliphatic rings. The summed E-state index contributed by atoms with van der Waals surface area (Å²) < 4.78 is 25.9. The highest BCUT2D eigenvalue weighted by Gasteiger charge is 2.12. The number of carbonyl (C=O) groups excluding carboxylic acids is 2. The maximum Gasteiger partial charge on any atom is 0.283 e. The number of rotatable bonds is 6. The van der Waals surface area contributed by atoms with Crippen LogP contribution in [-0.2, 0) is 9.59 Å². The van der Waals surface area contributed by atoms with E-state index in [4.69, 9.17) is 0 Å². The fraction of sp³-hybridized carbons (Fsp3) is 0.308. The molecule has 0 aliphatic carbocycles. The highest BCUT2D eigenvalue weighted by atomic mass is 19.1. The Morgan fingerprint density at radius 3 is 2.06 bits per heavy atom. The molecule has 0 saturated carbocycles. The minimum absolute atomic E-state index is 0.0197. The van der Waals surface area contributed by atoms with Crippen molar-refractivity contribution in [2.75, 3.05) is 10.6 Å². The summed E-state index contributed by atoms with van der Waals surface area (Å²) in [5.41, 5.74) is 2.71. The third-order valence-electron chi connectivity index (χ3n) is 4.13. The van der Waals surface area contributed by atoms with Crippen LogP contribution < -0.4 is 10.6 Å². The zero-order valence-corrected chi connectivity index (χ0v) is 19.8. The van der Waals surface area contributed by atoms with E-state index in [1.54, 1.807) is 18.2 Å². The number of halogens is 2. The summed E-state index contributed by atoms with van der Waals surface area (Å²) in [6.45, 7) is 18.1. The zero-order chi connectivity index (χ0) is 24.8. The maximum absolute atomic E-state index is 13.5. The van der Waals surface area contributed by atoms with E-state index in [0.717, 1.165) is 11.6 Å². The lowest BCUT2D eigenvalue weighted by atomic mass is 10.0. The van der Waals surface area contributed by atoms with E-state index in [9.17, 15) is 18.4 Å². The number of benzene rings is 2. The zero-order valence-electron chi connectivity index (χ0n) is 19.8. The molecule has 0 atom stereocenters. The molecule has 2 amide bonds. The van der Waals surface area contributed by atoms with Gasteiger partial charge >= 0.3 is 0 Å². The Hall–Kier alpha value is -3.28. The first-order chi connectivity index (χ1) is 15.1. The molecule has 4 nitrogen and oxygen atoms in total. The van der Waals surface area contributed by atoms with Gasteiger partial charge in [-0.3, -0.25) is 9.59 Å². The van der Waals surface area contributed by atoms with Crippen LogP contribution in [0.4, 0.5) is 20.2 Å². The molecular formula is C26H34F2N2O2. The minimum Gasteiger partial charge on any atom is -0.322 e. The van der Waals surface area contributed by atoms with Crippen LogP contribution in [0.3, 0.4) is 0 Å². The number of nitrogens with one attached hydrogen (secondary N) is 2. The van der Waals surface area contributed by atoms with Gasteiger partial charge in [0, 0.05) is 16.9 Å². The van der Waals surface area contributed by atoms with E-state index in [1.165, 1.54) is 6.07 Å². The number of hydrogen-bond acceptors (Lipinski definition) is 2. The molecule has 2 rings (SSSR count). The predicted octanol–water partition coefficient (Wildman–Crippen LogP) is 7.33. The van der Waals surface area contributed by atoms with Gasteiger partial charge in [-0.15, -0.1) is 0 Å². The number of hydrogen-bond donors (Lipinski definition) is 2. The van der Waals surface area contributed by atoms with Crippen molar-refractivity contribution in [3.63, 3.8) is 0 Å². The van der Waals surface area contributed by atoms with E-state index in [-0.39, 0.29) is 17.6 Å². The largest absolute Gasteiger partial charge is 0.322 e. The molecule has 0 radical (unpaired) electrons. The van der Waals surface area contributed by atoms with Crippen molar-refractivity contribution in [2.24, 2.45) is 0 Å². The molecule has 2 N–H and O–H groups in total. The van der Waals surface area contributed by atoms with Crippen molar-refractivity contribution >= 4 is 23.2 Å². The Bertz CT molecular complexity index is 922. The van der Waals surface area contributed by atoms with Gasteiger partial charge < -0.3 is 10.6 Å². The highest BCUT2D eigenvalue weighted by molar-refractivity contribution is 6.01. The van der Waals surface area contributed by atoms with Gasteiger partial charge in [-0.05, 0) is 47.7 Å². The van der Waals surface area contributed by atoms with Crippen LogP contribution in [0.15, 0.2) is 67.5 Å². The Labute approximate surface area is 190 Å². The van der Waals surface area contributed by atoms with Gasteiger partial charge in [-0.1, -0.05) is 72.9 Å². The third kappa shape index (κ3) is 9.69. The maximum atomic E-state index is 13.5. The fourth-order valence-electron chi connectivity index (χ4n) is 2.59. The number of amides is 2. The summed E-state index contributed by atoms with van der Waals surface area (Å²) >= 11 is 0. The Morgan fingerprint density at radius 2 is 1.56 bits per heavy atom. The summed E-state index contributed by atoms with van der Waals surface area (Å²) in [6, 6.07) is 12.0. The summed E-state index contributed by atoms with van der Waals surface area (Å²) in [5.74, 6) is -2.02. The lowest BCUT2D eigenvalue weighted by Gasteiger charge is -2.13. The van der Waals surface area contributed by atoms with Crippen LogP contribution in [0, 0.1) is 5.82 Å². The van der Waals surface area contributed by atoms with Gasteiger partial charge in [0.15, 0.2) is 5.83 Å². The van der Waals surface area contributed by atoms with E-state index < -0.39 is 11.7 Å². The topological polar surface area (TPSA) is 58.2 Å². The van der Waals surface area contributed by atoms with Crippen LogP contribution >= 0.6 is 0 Å². The molecule has 174 valence electrons. The summed E-state index contributed by atoms with van der Waals surface area (Å²) in [5, 5.41) is 5.01. The van der Waals surface area contributed by atoms with Gasteiger partial charge in [-0.2, -0.15) is 0 Å². The lowest BCUT2D eigenvalue weighted by molar-refractivity contribution is -0.114. The molecule has 32 heavy (non-hydrogen) atoms. The van der Waals surface area contributed by atoms with E-state index >= 15 is 0 Å². The quantitative estimate of drug-likeness (QED) is 0.458. The molecule has 6 heteroatoms. The molecule has 0 aromatic heterocycles. The average molecular weight is 445 g/mol. The van der Waals surface area contributed by atoms with Gasteiger partial charge in [0.25, 0.3) is 5.91 Å². The van der Waals surface area contributed by atoms with Crippen molar-refractivity contribution < 1.29 is 18.4 Å². The molecule has 2 aromatic rings. The second-order valence-corrected chi connectivity index (χ2v) is 7.19. The third-order valence-corrected chi connectivity index (χ3v) is 4.13. The van der Waals surface area contributed by atoms with Crippen LogP contribution in [0.5, 0.6) is 0 Å². The Kier molecular flexibility index (Phi) is 13.2. The first-order valence-electron chi connectivity index (χ1n) is 10.5. The van der Waals surface area contributed by atoms with Gasteiger partial charge in [0.05, 0.1) is 0 Å². The van der Waals surface area contributed by atoms with Crippen LogP contribution in [0.25, 0.3) is 0 Å². The van der Waals surface area contributed by atoms with Crippen molar-refractivity contribution in [1.29, 1.82) is 0 Å². The molecule has 0 saturated heterocycles. The highest BCUT2D eigenvalue weighted by Crippen LogP contribution is 2.26. The van der Waals surface area contributed by atoms with E-state index in [0.29, 0.717) is 22.9 Å². The number of carbonyl (C=O) groups is 2. The summed E-state index contributed by atoms with van der Waals surface area (Å²) in [7, 11) is 0. The van der Waals surface area contributed by atoms with Crippen molar-refractivity contribution in [3.8, 4) is 0 Å². The molecule has 0 unspecified atom stereocenters. The van der Waals surface area contributed by atoms with Gasteiger partial charge in [-0.25, -0.2) is 8.78 Å². The van der Waals surface area contributed by atoms with Gasteiger partial charge in [0.1, 0.15) is 5.82 Å². The first-order valence-corrected chi connectivity index (χ1v) is 10.5. The smallest absolute Gasteiger partial charge is 0.283 e. The number of anilines is 2. The molecule has 0 bridgehead atoms. The summed E-state index contributed by atoms with van der Waals surface area (Å²) in [4.78, 5) is 22.1. The SMILES string of the molecule is C=C(F)C(=O)Nc1cccc(C(C)C)c1.C=CC(=O)Nc1cccc(F)c1C(C)C.CC. The Morgan fingerprint density at radius 1 is 0.969 bits per heavy atom. The molecule has 0 aliphatic heterocycles. The van der Waals surface area contributed by atoms with E-state index in [1.807, 2.05) is 45.9 Å². The monoisotopic (exact) mass is 444 g/mol. The van der Waals surface area contributed by atoms with Crippen molar-refractivity contribution in [3.05, 3.63) is 84.5 Å². The normalized spacial score (nSPS) is 9.69. The first kappa shape index (κ1) is 28.7. The predicted molar refractivity (Wildman–Crippen MR) is 130 cm³/mol. The molecule has 0 heterocycles. The molecule has 0 fully saturated rings. The molecule has 2 aromatic carbocycles. The molecule has 0 spiro atoms. The lowest BCUT2D eigenvalue weighted by Crippen LogP contribution is -2.11. The standard InChI is InChI=1S/2C12H14FNO.C2H6/c1-8(2)10-5-4-6-11(7-10)14-12(15)9(3)13;1-4-11(15)14-10-7-5-6-9(13)12(10)8(2)3;1-2/h4-8H,3H2,1-2H3,(H,14,15);4-8H,1H2,2-3H3,(H,14,15);1-2H3. The second kappa shape index (κ2) is 14.7. The van der Waals surface area contributed by atoms with Crippen LogP contribution in [0.1, 0.15) is 64.5 Å². The van der Waals surface area contributed by atoms with Crippen molar-refractivity contribution in [1.82, 2.24) is 0 Å². The van der Waals surface area contributed by atoms with Crippen molar-refractivity contribution in [2.45, 2.75) is 53.4 Å². The average Bonchev–Trinajstić information content (AvgIpc) is 2.75. The summed E-state index contributed by atoms with van der Waals surface area (Å²) in [6.07, 6.45) is 1.16. The Balaban J connectivity index is 0.000000557. The fourth-order valence-corrected chi connectivity index (χ4v) is 2.59. The second-order valence-electron chi connectivity index (χ2n) is 7.19. The minimum atomic E-state index is -0.982.